The number of amides is 3. The Morgan fingerprint density at radius 1 is 1.19 bits per heavy atom. The molecule has 2 N–H and O–H groups in total. The van der Waals surface area contributed by atoms with Gasteiger partial charge in [0.2, 0.25) is 5.91 Å². The Bertz CT molecular complexity index is 672. The van der Waals surface area contributed by atoms with E-state index in [9.17, 15) is 22.8 Å². The molecule has 0 aliphatic carbocycles. The molecule has 2 fully saturated rings. The fourth-order valence-corrected chi connectivity index (χ4v) is 3.20. The zero-order valence-corrected chi connectivity index (χ0v) is 14.2. The van der Waals surface area contributed by atoms with E-state index in [0.717, 1.165) is 18.6 Å². The van der Waals surface area contributed by atoms with E-state index in [2.05, 4.69) is 10.6 Å². The van der Waals surface area contributed by atoms with Crippen LogP contribution in [0.2, 0.25) is 0 Å². The number of halogens is 3. The largest absolute Gasteiger partial charge is 0.416 e. The molecule has 0 radical (unpaired) electrons. The van der Waals surface area contributed by atoms with Crippen molar-refractivity contribution in [2.75, 3.05) is 37.6 Å². The molecule has 6 nitrogen and oxygen atoms in total. The van der Waals surface area contributed by atoms with E-state index in [-0.39, 0.29) is 11.9 Å². The van der Waals surface area contributed by atoms with Gasteiger partial charge in [0.05, 0.1) is 5.56 Å². The summed E-state index contributed by atoms with van der Waals surface area (Å²) in [4.78, 5) is 27.4. The van der Waals surface area contributed by atoms with Crippen molar-refractivity contribution in [3.05, 3.63) is 29.8 Å². The van der Waals surface area contributed by atoms with Crippen LogP contribution in [0.25, 0.3) is 0 Å². The van der Waals surface area contributed by atoms with Gasteiger partial charge in [-0.25, -0.2) is 4.79 Å². The molecule has 3 amide bonds. The Morgan fingerprint density at radius 2 is 1.92 bits per heavy atom. The maximum atomic E-state index is 12.8. The van der Waals surface area contributed by atoms with Crippen LogP contribution >= 0.6 is 0 Å². The highest BCUT2D eigenvalue weighted by molar-refractivity contribution is 5.87. The number of alkyl halides is 3. The molecule has 0 saturated carbocycles. The second kappa shape index (κ2) is 7.43. The van der Waals surface area contributed by atoms with Crippen LogP contribution in [0.15, 0.2) is 24.3 Å². The first kappa shape index (κ1) is 18.3. The van der Waals surface area contributed by atoms with Crippen LogP contribution in [-0.2, 0) is 11.0 Å². The van der Waals surface area contributed by atoms with Crippen molar-refractivity contribution < 1.29 is 22.8 Å². The minimum Gasteiger partial charge on any atom is -0.368 e. The molecule has 0 unspecified atom stereocenters. The topological polar surface area (TPSA) is 64.7 Å². The van der Waals surface area contributed by atoms with Crippen molar-refractivity contribution in [2.45, 2.75) is 25.1 Å². The van der Waals surface area contributed by atoms with E-state index in [0.29, 0.717) is 44.8 Å². The minimum atomic E-state index is -4.38. The molecule has 3 rings (SSSR count). The van der Waals surface area contributed by atoms with Crippen LogP contribution < -0.4 is 15.5 Å². The third kappa shape index (κ3) is 4.20. The Labute approximate surface area is 149 Å². The van der Waals surface area contributed by atoms with E-state index < -0.39 is 17.8 Å². The summed E-state index contributed by atoms with van der Waals surface area (Å²) >= 11 is 0. The van der Waals surface area contributed by atoms with Crippen LogP contribution in [0.1, 0.15) is 18.4 Å². The number of piperazine rings is 1. The van der Waals surface area contributed by atoms with E-state index >= 15 is 0 Å². The molecule has 142 valence electrons. The second-order valence-electron chi connectivity index (χ2n) is 6.46. The molecule has 2 aliphatic heterocycles. The molecule has 1 aromatic rings. The van der Waals surface area contributed by atoms with E-state index in [1.807, 2.05) is 4.90 Å². The maximum absolute atomic E-state index is 12.8. The number of anilines is 1. The predicted molar refractivity (Wildman–Crippen MR) is 89.8 cm³/mol. The standard InChI is InChI=1S/C17H21F3N4O2/c18-17(19,20)12-3-1-4-13(11-12)23-7-9-24(10-8-23)16(26)22-14-5-2-6-21-15(14)25/h1,3-4,11,14H,2,5-10H2,(H,21,25)(H,22,26)/t14-/m0/s1. The highest BCUT2D eigenvalue weighted by Gasteiger charge is 2.32. The number of nitrogens with zero attached hydrogens (tertiary/aromatic N) is 2. The maximum Gasteiger partial charge on any atom is 0.416 e. The van der Waals surface area contributed by atoms with Crippen LogP contribution in [0.4, 0.5) is 23.7 Å². The predicted octanol–water partition coefficient (Wildman–Crippen LogP) is 1.82. The Kier molecular flexibility index (Phi) is 5.24. The zero-order chi connectivity index (χ0) is 18.7. The minimum absolute atomic E-state index is 0.174. The summed E-state index contributed by atoms with van der Waals surface area (Å²) in [5.74, 6) is -0.174. The summed E-state index contributed by atoms with van der Waals surface area (Å²) in [5.41, 5.74) is -0.190. The van der Waals surface area contributed by atoms with Gasteiger partial charge in [-0.15, -0.1) is 0 Å². The Hall–Kier alpha value is -2.45. The average Bonchev–Trinajstić information content (AvgIpc) is 2.63. The highest BCUT2D eigenvalue weighted by Crippen LogP contribution is 2.31. The SMILES string of the molecule is O=C1NCCC[C@@H]1NC(=O)N1CCN(c2cccc(C(F)(F)F)c2)CC1. The molecular formula is C17H21F3N4O2. The first-order chi connectivity index (χ1) is 12.3. The smallest absolute Gasteiger partial charge is 0.368 e. The van der Waals surface area contributed by atoms with Crippen molar-refractivity contribution in [3.63, 3.8) is 0 Å². The van der Waals surface area contributed by atoms with Gasteiger partial charge in [-0.2, -0.15) is 13.2 Å². The first-order valence-electron chi connectivity index (χ1n) is 8.60. The summed E-state index contributed by atoms with van der Waals surface area (Å²) in [6.07, 6.45) is -2.94. The fraction of sp³-hybridized carbons (Fsp3) is 0.529. The monoisotopic (exact) mass is 370 g/mol. The lowest BCUT2D eigenvalue weighted by molar-refractivity contribution is -0.137. The second-order valence-corrected chi connectivity index (χ2v) is 6.46. The van der Waals surface area contributed by atoms with E-state index in [1.165, 1.54) is 6.07 Å². The summed E-state index contributed by atoms with van der Waals surface area (Å²) in [6.45, 7) is 2.27. The van der Waals surface area contributed by atoms with Gasteiger partial charge in [0.15, 0.2) is 0 Å². The average molecular weight is 370 g/mol. The van der Waals surface area contributed by atoms with Crippen LogP contribution in [0, 0.1) is 0 Å². The lowest BCUT2D eigenvalue weighted by Gasteiger charge is -2.37. The molecule has 1 atom stereocenters. The number of hydrogen-bond donors (Lipinski definition) is 2. The molecular weight excluding hydrogens is 349 g/mol. The summed E-state index contributed by atoms with van der Waals surface area (Å²) in [7, 11) is 0. The van der Waals surface area contributed by atoms with Crippen molar-refractivity contribution in [1.82, 2.24) is 15.5 Å². The number of nitrogens with one attached hydrogen (secondary N) is 2. The highest BCUT2D eigenvalue weighted by atomic mass is 19.4. The lowest BCUT2D eigenvalue weighted by Crippen LogP contribution is -2.57. The van der Waals surface area contributed by atoms with Crippen molar-refractivity contribution >= 4 is 17.6 Å². The van der Waals surface area contributed by atoms with Gasteiger partial charge in [-0.1, -0.05) is 6.07 Å². The van der Waals surface area contributed by atoms with E-state index in [1.54, 1.807) is 11.0 Å². The number of urea groups is 1. The van der Waals surface area contributed by atoms with Crippen LogP contribution in [0.3, 0.4) is 0 Å². The molecule has 2 saturated heterocycles. The summed E-state index contributed by atoms with van der Waals surface area (Å²) in [5, 5.41) is 5.44. The Morgan fingerprint density at radius 3 is 2.58 bits per heavy atom. The quantitative estimate of drug-likeness (QED) is 0.835. The third-order valence-electron chi connectivity index (χ3n) is 4.69. The number of hydrogen-bond acceptors (Lipinski definition) is 3. The summed E-state index contributed by atoms with van der Waals surface area (Å²) in [6, 6.07) is 4.37. The van der Waals surface area contributed by atoms with Gasteiger partial charge in [-0.05, 0) is 31.0 Å². The number of piperidine rings is 1. The van der Waals surface area contributed by atoms with E-state index in [4.69, 9.17) is 0 Å². The molecule has 0 spiro atoms. The number of benzene rings is 1. The molecule has 2 heterocycles. The number of rotatable bonds is 2. The fourth-order valence-electron chi connectivity index (χ4n) is 3.20. The van der Waals surface area contributed by atoms with Gasteiger partial charge in [-0.3, -0.25) is 4.79 Å². The van der Waals surface area contributed by atoms with Gasteiger partial charge in [0.25, 0.3) is 0 Å². The van der Waals surface area contributed by atoms with Gasteiger partial charge in [0, 0.05) is 38.4 Å². The van der Waals surface area contributed by atoms with Crippen LogP contribution in [0.5, 0.6) is 0 Å². The van der Waals surface area contributed by atoms with Crippen molar-refractivity contribution in [2.24, 2.45) is 0 Å². The van der Waals surface area contributed by atoms with Crippen molar-refractivity contribution in [3.8, 4) is 0 Å². The molecule has 9 heteroatoms. The van der Waals surface area contributed by atoms with Gasteiger partial charge in [0.1, 0.15) is 6.04 Å². The number of carbonyl (C=O) groups is 2. The van der Waals surface area contributed by atoms with Gasteiger partial charge < -0.3 is 20.4 Å². The molecule has 0 aromatic heterocycles. The molecule has 2 aliphatic rings. The molecule has 1 aromatic carbocycles. The number of carbonyl (C=O) groups excluding carboxylic acids is 2. The zero-order valence-electron chi connectivity index (χ0n) is 14.2. The summed E-state index contributed by atoms with van der Waals surface area (Å²) < 4.78 is 38.5. The van der Waals surface area contributed by atoms with Crippen LogP contribution in [-0.4, -0.2) is 55.6 Å². The third-order valence-corrected chi connectivity index (χ3v) is 4.69. The normalized spacial score (nSPS) is 21.3. The molecule has 26 heavy (non-hydrogen) atoms. The van der Waals surface area contributed by atoms with Crippen molar-refractivity contribution in [1.29, 1.82) is 0 Å². The first-order valence-corrected chi connectivity index (χ1v) is 8.60. The van der Waals surface area contributed by atoms with Gasteiger partial charge >= 0.3 is 12.2 Å². The lowest BCUT2D eigenvalue weighted by atomic mass is 10.1. The molecule has 0 bridgehead atoms. The Balaban J connectivity index is 1.55.